The van der Waals surface area contributed by atoms with Crippen LogP contribution < -0.4 is 0 Å². The fourth-order valence-electron chi connectivity index (χ4n) is 2.41. The molecule has 0 fully saturated rings. The maximum atomic E-state index is 11.0. The summed E-state index contributed by atoms with van der Waals surface area (Å²) in [5, 5.41) is 20.7. The lowest BCUT2D eigenvalue weighted by atomic mass is 9.95. The zero-order valence-electron chi connectivity index (χ0n) is 12.8. The van der Waals surface area contributed by atoms with Crippen molar-refractivity contribution in [2.75, 3.05) is 0 Å². The largest absolute Gasteiger partial charge is 0.502 e. The molecule has 0 saturated heterocycles. The van der Waals surface area contributed by atoms with Crippen molar-refractivity contribution in [2.45, 2.75) is 34.6 Å². The molecule has 0 spiro atoms. The molecule has 2 aromatic rings. The predicted octanol–water partition coefficient (Wildman–Crippen LogP) is 3.90. The number of phenols is 1. The van der Waals surface area contributed by atoms with Gasteiger partial charge in [0.05, 0.1) is 10.6 Å². The second kappa shape index (κ2) is 5.16. The summed E-state index contributed by atoms with van der Waals surface area (Å²) >= 11 is 0. The van der Waals surface area contributed by atoms with E-state index in [0.29, 0.717) is 5.56 Å². The van der Waals surface area contributed by atoms with Crippen LogP contribution in [0.15, 0.2) is 12.1 Å². The Morgan fingerprint density at radius 2 is 1.67 bits per heavy atom. The van der Waals surface area contributed by atoms with Crippen LogP contribution in [-0.4, -0.2) is 15.0 Å². The molecule has 1 aromatic carbocycles. The molecule has 0 saturated carbocycles. The van der Waals surface area contributed by atoms with Crippen molar-refractivity contribution >= 4 is 5.69 Å². The van der Waals surface area contributed by atoms with Crippen LogP contribution in [0.2, 0.25) is 0 Å². The maximum absolute atomic E-state index is 11.0. The highest BCUT2D eigenvalue weighted by atomic mass is 16.6. The van der Waals surface area contributed by atoms with Gasteiger partial charge in [-0.05, 0) is 62.9 Å². The molecule has 21 heavy (non-hydrogen) atoms. The van der Waals surface area contributed by atoms with Crippen LogP contribution in [0.3, 0.4) is 0 Å². The lowest BCUT2D eigenvalue weighted by Crippen LogP contribution is -2.01. The van der Waals surface area contributed by atoms with Crippen molar-refractivity contribution in [3.8, 4) is 17.0 Å². The Hall–Kier alpha value is -2.43. The number of phenolic OH excluding ortho intramolecular Hbond substituents is 1. The van der Waals surface area contributed by atoms with Gasteiger partial charge in [0, 0.05) is 17.3 Å². The molecular formula is C16H18N2O3. The molecule has 110 valence electrons. The third-order valence-electron chi connectivity index (χ3n) is 4.08. The SMILES string of the molecule is Cc1cc(O)c([N+](=O)[O-])cc1-c1nc(C)c(C)c(C)c1C. The van der Waals surface area contributed by atoms with Crippen LogP contribution in [0.1, 0.15) is 27.9 Å². The van der Waals surface area contributed by atoms with Crippen LogP contribution in [0.25, 0.3) is 11.3 Å². The van der Waals surface area contributed by atoms with Gasteiger partial charge < -0.3 is 5.11 Å². The highest BCUT2D eigenvalue weighted by Gasteiger charge is 2.20. The Bertz CT molecular complexity index is 752. The fourth-order valence-corrected chi connectivity index (χ4v) is 2.41. The van der Waals surface area contributed by atoms with Gasteiger partial charge >= 0.3 is 5.69 Å². The molecule has 0 atom stereocenters. The lowest BCUT2D eigenvalue weighted by Gasteiger charge is -2.15. The third kappa shape index (κ3) is 2.46. The van der Waals surface area contributed by atoms with Gasteiger partial charge in [-0.1, -0.05) is 0 Å². The molecule has 1 heterocycles. The van der Waals surface area contributed by atoms with E-state index < -0.39 is 4.92 Å². The molecule has 0 bridgehead atoms. The third-order valence-corrected chi connectivity index (χ3v) is 4.08. The minimum absolute atomic E-state index is 0.298. The van der Waals surface area contributed by atoms with Gasteiger partial charge in [0.15, 0.2) is 5.75 Å². The van der Waals surface area contributed by atoms with E-state index >= 15 is 0 Å². The Kier molecular flexibility index (Phi) is 3.68. The summed E-state index contributed by atoms with van der Waals surface area (Å²) in [6.07, 6.45) is 0. The smallest absolute Gasteiger partial charge is 0.311 e. The van der Waals surface area contributed by atoms with Crippen LogP contribution >= 0.6 is 0 Å². The number of benzene rings is 1. The Balaban J connectivity index is 2.79. The number of rotatable bonds is 2. The summed E-state index contributed by atoms with van der Waals surface area (Å²) in [5.74, 6) is -0.320. The summed E-state index contributed by atoms with van der Waals surface area (Å²) in [6.45, 7) is 9.73. The van der Waals surface area contributed by atoms with Gasteiger partial charge in [-0.2, -0.15) is 0 Å². The van der Waals surface area contributed by atoms with Gasteiger partial charge in [0.1, 0.15) is 0 Å². The molecule has 2 rings (SSSR count). The van der Waals surface area contributed by atoms with Crippen molar-refractivity contribution in [1.82, 2.24) is 4.98 Å². The molecule has 5 nitrogen and oxygen atoms in total. The minimum Gasteiger partial charge on any atom is -0.502 e. The molecular weight excluding hydrogens is 268 g/mol. The summed E-state index contributed by atoms with van der Waals surface area (Å²) < 4.78 is 0. The number of nitro benzene ring substituents is 1. The van der Waals surface area contributed by atoms with E-state index in [4.69, 9.17) is 0 Å². The predicted molar refractivity (Wildman–Crippen MR) is 81.7 cm³/mol. The number of aryl methyl sites for hydroxylation is 2. The lowest BCUT2D eigenvalue weighted by molar-refractivity contribution is -0.385. The second-order valence-corrected chi connectivity index (χ2v) is 5.33. The number of aromatic hydroxyl groups is 1. The Morgan fingerprint density at radius 3 is 2.24 bits per heavy atom. The Labute approximate surface area is 123 Å². The van der Waals surface area contributed by atoms with Crippen LogP contribution in [0.4, 0.5) is 5.69 Å². The molecule has 1 N–H and O–H groups in total. The number of hydrogen-bond acceptors (Lipinski definition) is 4. The molecule has 0 aliphatic rings. The first-order valence-electron chi connectivity index (χ1n) is 6.66. The average molecular weight is 286 g/mol. The fraction of sp³-hybridized carbons (Fsp3) is 0.312. The van der Waals surface area contributed by atoms with Crippen LogP contribution in [-0.2, 0) is 0 Å². The van der Waals surface area contributed by atoms with E-state index in [0.717, 1.165) is 33.6 Å². The van der Waals surface area contributed by atoms with Gasteiger partial charge in [-0.15, -0.1) is 0 Å². The molecule has 0 aliphatic heterocycles. The van der Waals surface area contributed by atoms with E-state index in [1.54, 1.807) is 0 Å². The molecule has 0 amide bonds. The van der Waals surface area contributed by atoms with Crippen molar-refractivity contribution in [1.29, 1.82) is 0 Å². The Morgan fingerprint density at radius 1 is 1.05 bits per heavy atom. The van der Waals surface area contributed by atoms with E-state index in [1.165, 1.54) is 12.1 Å². The summed E-state index contributed by atoms with van der Waals surface area (Å²) in [4.78, 5) is 15.0. The standard InChI is InChI=1S/C16H18N2O3/c1-8-6-15(19)14(18(20)21)7-13(8)16-11(4)9(2)10(3)12(5)17-16/h6-7,19H,1-5H3. The zero-order chi connectivity index (χ0) is 15.9. The summed E-state index contributed by atoms with van der Waals surface area (Å²) in [7, 11) is 0. The quantitative estimate of drug-likeness (QED) is 0.671. The average Bonchev–Trinajstić information content (AvgIpc) is 2.41. The molecule has 0 radical (unpaired) electrons. The minimum atomic E-state index is -0.582. The van der Waals surface area contributed by atoms with Crippen molar-refractivity contribution in [3.05, 3.63) is 50.2 Å². The van der Waals surface area contributed by atoms with E-state index in [1.807, 2.05) is 34.6 Å². The van der Waals surface area contributed by atoms with Crippen molar-refractivity contribution in [3.63, 3.8) is 0 Å². The highest BCUT2D eigenvalue weighted by molar-refractivity contribution is 5.73. The topological polar surface area (TPSA) is 76.3 Å². The van der Waals surface area contributed by atoms with Crippen LogP contribution in [0.5, 0.6) is 5.75 Å². The maximum Gasteiger partial charge on any atom is 0.311 e. The molecule has 0 aliphatic carbocycles. The number of hydrogen-bond donors (Lipinski definition) is 1. The molecule has 1 aromatic heterocycles. The summed E-state index contributed by atoms with van der Waals surface area (Å²) in [6, 6.07) is 2.81. The first kappa shape index (κ1) is 15.0. The highest BCUT2D eigenvalue weighted by Crippen LogP contribution is 2.36. The second-order valence-electron chi connectivity index (χ2n) is 5.33. The van der Waals surface area contributed by atoms with Gasteiger partial charge in [0.2, 0.25) is 0 Å². The summed E-state index contributed by atoms with van der Waals surface area (Å²) in [5.41, 5.74) is 6.04. The van der Waals surface area contributed by atoms with Crippen molar-refractivity contribution < 1.29 is 10.0 Å². The van der Waals surface area contributed by atoms with E-state index in [-0.39, 0.29) is 11.4 Å². The van der Waals surface area contributed by atoms with Gasteiger partial charge in [-0.25, -0.2) is 0 Å². The van der Waals surface area contributed by atoms with Gasteiger partial charge in [0.25, 0.3) is 0 Å². The molecule has 0 unspecified atom stereocenters. The zero-order valence-corrected chi connectivity index (χ0v) is 12.8. The molecule has 5 heteroatoms. The number of pyridine rings is 1. The van der Waals surface area contributed by atoms with E-state index in [2.05, 4.69) is 4.98 Å². The van der Waals surface area contributed by atoms with Crippen LogP contribution in [0, 0.1) is 44.7 Å². The van der Waals surface area contributed by atoms with E-state index in [9.17, 15) is 15.2 Å². The first-order chi connectivity index (χ1) is 9.73. The van der Waals surface area contributed by atoms with Gasteiger partial charge in [-0.3, -0.25) is 15.1 Å². The number of aromatic nitrogens is 1. The monoisotopic (exact) mass is 286 g/mol. The number of nitrogens with zero attached hydrogens (tertiary/aromatic N) is 2. The normalized spacial score (nSPS) is 10.7. The first-order valence-corrected chi connectivity index (χ1v) is 6.66. The van der Waals surface area contributed by atoms with Crippen molar-refractivity contribution in [2.24, 2.45) is 0 Å². The number of nitro groups is 1.